The van der Waals surface area contributed by atoms with Gasteiger partial charge in [0.25, 0.3) is 0 Å². The Kier molecular flexibility index (Phi) is 4.11. The van der Waals surface area contributed by atoms with Gasteiger partial charge in [-0.1, -0.05) is 6.07 Å². The van der Waals surface area contributed by atoms with Crippen LogP contribution < -0.4 is 4.74 Å². The first-order valence-electron chi connectivity index (χ1n) is 7.03. The topological polar surface area (TPSA) is 154 Å². The Morgan fingerprint density at radius 3 is 2.36 bits per heavy atom. The minimum Gasteiger partial charge on any atom is -0.508 e. The van der Waals surface area contributed by atoms with Crippen molar-refractivity contribution in [1.82, 2.24) is 0 Å². The molecule has 5 N–H and O–H groups in total. The van der Waals surface area contributed by atoms with Crippen molar-refractivity contribution in [3.63, 3.8) is 0 Å². The zero-order valence-corrected chi connectivity index (χ0v) is 13.3. The van der Waals surface area contributed by atoms with Crippen LogP contribution in [0.3, 0.4) is 0 Å². The van der Waals surface area contributed by atoms with E-state index in [0.29, 0.717) is 0 Å². The zero-order chi connectivity index (χ0) is 18.4. The van der Waals surface area contributed by atoms with Crippen LogP contribution in [0.2, 0.25) is 0 Å². The highest BCUT2D eigenvalue weighted by atomic mass is 32.3. The number of phenolic OH excluding ortho intramolecular Hbond substituents is 4. The van der Waals surface area contributed by atoms with Gasteiger partial charge in [0.05, 0.1) is 0 Å². The lowest BCUT2D eigenvalue weighted by Crippen LogP contribution is -2.34. The van der Waals surface area contributed by atoms with Crippen molar-refractivity contribution < 1.29 is 42.3 Å². The molecular formula is C15H14O9S. The predicted octanol–water partition coefficient (Wildman–Crippen LogP) is 1.37. The third kappa shape index (κ3) is 3.55. The van der Waals surface area contributed by atoms with Crippen LogP contribution in [-0.4, -0.2) is 39.5 Å². The molecule has 134 valence electrons. The molecule has 0 fully saturated rings. The molecule has 2 aromatic carbocycles. The maximum atomic E-state index is 11.1. The number of fused-ring (bicyclic) bond motifs is 1. The maximum absolute atomic E-state index is 11.1. The summed E-state index contributed by atoms with van der Waals surface area (Å²) in [5, 5.41) is 38.5. The second kappa shape index (κ2) is 5.99. The standard InChI is InChI=1S/C15H14O9S/c16-8-4-11(18)9-6-14(24-25(20,21)22)15(23-13(9)5-8)7-1-2-10(17)12(19)3-7/h1-5,14-19H,6H2,(H,20,21,22). The maximum Gasteiger partial charge on any atom is 0.397 e. The van der Waals surface area contributed by atoms with Crippen LogP contribution in [0.4, 0.5) is 0 Å². The molecule has 0 saturated heterocycles. The van der Waals surface area contributed by atoms with Crippen molar-refractivity contribution in [2.45, 2.75) is 18.6 Å². The van der Waals surface area contributed by atoms with Crippen molar-refractivity contribution in [1.29, 1.82) is 0 Å². The zero-order valence-electron chi connectivity index (χ0n) is 12.5. The number of hydrogen-bond acceptors (Lipinski definition) is 8. The Labute approximate surface area is 142 Å². The highest BCUT2D eigenvalue weighted by Crippen LogP contribution is 2.43. The molecule has 0 spiro atoms. The molecule has 0 amide bonds. The van der Waals surface area contributed by atoms with E-state index in [1.807, 2.05) is 0 Å². The van der Waals surface area contributed by atoms with Gasteiger partial charge in [0, 0.05) is 24.1 Å². The Balaban J connectivity index is 2.07. The fourth-order valence-electron chi connectivity index (χ4n) is 2.69. The lowest BCUT2D eigenvalue weighted by Gasteiger charge is -2.33. The Hall–Kier alpha value is -2.69. The number of aromatic hydroxyl groups is 4. The molecule has 1 aliphatic rings. The number of rotatable bonds is 3. The van der Waals surface area contributed by atoms with Crippen molar-refractivity contribution in [2.24, 2.45) is 0 Å². The second-order valence-electron chi connectivity index (χ2n) is 5.49. The van der Waals surface area contributed by atoms with Crippen LogP contribution in [-0.2, 0) is 21.0 Å². The van der Waals surface area contributed by atoms with E-state index in [4.69, 9.17) is 9.29 Å². The third-order valence-corrected chi connectivity index (χ3v) is 4.23. The number of ether oxygens (including phenoxy) is 1. The molecule has 0 aliphatic carbocycles. The molecule has 2 atom stereocenters. The first-order valence-corrected chi connectivity index (χ1v) is 8.39. The molecular weight excluding hydrogens is 356 g/mol. The van der Waals surface area contributed by atoms with Crippen LogP contribution in [0.5, 0.6) is 28.7 Å². The smallest absolute Gasteiger partial charge is 0.397 e. The van der Waals surface area contributed by atoms with Crippen LogP contribution in [0, 0.1) is 0 Å². The molecule has 9 nitrogen and oxygen atoms in total. The summed E-state index contributed by atoms with van der Waals surface area (Å²) in [5.74, 6) is -1.35. The van der Waals surface area contributed by atoms with E-state index in [1.165, 1.54) is 18.2 Å². The highest BCUT2D eigenvalue weighted by molar-refractivity contribution is 7.80. The Bertz CT molecular complexity index is 923. The normalized spacial score (nSPS) is 19.9. The van der Waals surface area contributed by atoms with E-state index in [0.717, 1.165) is 12.1 Å². The van der Waals surface area contributed by atoms with Gasteiger partial charge < -0.3 is 25.2 Å². The lowest BCUT2D eigenvalue weighted by atomic mass is 9.94. The Morgan fingerprint density at radius 1 is 1.00 bits per heavy atom. The lowest BCUT2D eigenvalue weighted by molar-refractivity contribution is 0.0333. The minimum absolute atomic E-state index is 0.0882. The van der Waals surface area contributed by atoms with E-state index in [2.05, 4.69) is 4.18 Å². The van der Waals surface area contributed by atoms with Crippen molar-refractivity contribution >= 4 is 10.4 Å². The van der Waals surface area contributed by atoms with Gasteiger partial charge in [-0.15, -0.1) is 0 Å². The number of benzene rings is 2. The summed E-state index contributed by atoms with van der Waals surface area (Å²) in [5.41, 5.74) is 0.433. The van der Waals surface area contributed by atoms with Crippen molar-refractivity contribution in [2.75, 3.05) is 0 Å². The van der Waals surface area contributed by atoms with Gasteiger partial charge in [0.1, 0.15) is 23.4 Å². The quantitative estimate of drug-likeness (QED) is 0.398. The monoisotopic (exact) mass is 370 g/mol. The molecule has 3 rings (SSSR count). The average molecular weight is 370 g/mol. The van der Waals surface area contributed by atoms with Gasteiger partial charge in [-0.25, -0.2) is 4.18 Å². The molecule has 2 unspecified atom stereocenters. The summed E-state index contributed by atoms with van der Waals surface area (Å²) >= 11 is 0. The van der Waals surface area contributed by atoms with E-state index in [9.17, 15) is 28.8 Å². The molecule has 0 bridgehead atoms. The molecule has 1 aliphatic heterocycles. The van der Waals surface area contributed by atoms with E-state index in [-0.39, 0.29) is 40.5 Å². The van der Waals surface area contributed by atoms with Crippen molar-refractivity contribution in [3.05, 3.63) is 41.5 Å². The molecule has 10 heteroatoms. The molecule has 0 radical (unpaired) electrons. The van der Waals surface area contributed by atoms with Gasteiger partial charge in [-0.2, -0.15) is 8.42 Å². The van der Waals surface area contributed by atoms with Gasteiger partial charge in [-0.05, 0) is 17.7 Å². The SMILES string of the molecule is O=S(=O)(O)OC1Cc2c(O)cc(O)cc2OC1c1ccc(O)c(O)c1. The summed E-state index contributed by atoms with van der Waals surface area (Å²) in [7, 11) is -4.83. The average Bonchev–Trinajstić information content (AvgIpc) is 2.48. The number of hydrogen-bond donors (Lipinski definition) is 5. The third-order valence-electron chi connectivity index (χ3n) is 3.74. The summed E-state index contributed by atoms with van der Waals surface area (Å²) in [6.07, 6.45) is -2.53. The first-order chi connectivity index (χ1) is 11.6. The molecule has 25 heavy (non-hydrogen) atoms. The van der Waals surface area contributed by atoms with Gasteiger partial charge in [0.2, 0.25) is 0 Å². The Morgan fingerprint density at radius 2 is 1.72 bits per heavy atom. The van der Waals surface area contributed by atoms with Gasteiger partial charge in [-0.3, -0.25) is 4.55 Å². The fraction of sp³-hybridized carbons (Fsp3) is 0.200. The van der Waals surface area contributed by atoms with Crippen LogP contribution >= 0.6 is 0 Å². The molecule has 2 aromatic rings. The van der Waals surface area contributed by atoms with Gasteiger partial charge in [0.15, 0.2) is 17.6 Å². The summed E-state index contributed by atoms with van der Waals surface area (Å²) in [6.45, 7) is 0. The van der Waals surface area contributed by atoms with E-state index < -0.39 is 28.4 Å². The summed E-state index contributed by atoms with van der Waals surface area (Å²) in [4.78, 5) is 0. The van der Waals surface area contributed by atoms with E-state index >= 15 is 0 Å². The second-order valence-corrected chi connectivity index (χ2v) is 6.54. The van der Waals surface area contributed by atoms with Crippen LogP contribution in [0.15, 0.2) is 30.3 Å². The number of phenols is 4. The largest absolute Gasteiger partial charge is 0.508 e. The summed E-state index contributed by atoms with van der Waals surface area (Å²) < 4.78 is 41.5. The fourth-order valence-corrected chi connectivity index (χ4v) is 3.17. The molecule has 0 saturated carbocycles. The predicted molar refractivity (Wildman–Crippen MR) is 83.0 cm³/mol. The minimum atomic E-state index is -4.83. The molecule has 0 aromatic heterocycles. The summed E-state index contributed by atoms with van der Waals surface area (Å²) in [6, 6.07) is 5.97. The van der Waals surface area contributed by atoms with Crippen molar-refractivity contribution in [3.8, 4) is 28.7 Å². The highest BCUT2D eigenvalue weighted by Gasteiger charge is 2.37. The van der Waals surface area contributed by atoms with Crippen LogP contribution in [0.1, 0.15) is 17.2 Å². The molecule has 1 heterocycles. The van der Waals surface area contributed by atoms with Gasteiger partial charge >= 0.3 is 10.4 Å². The first kappa shape index (κ1) is 17.1. The van der Waals surface area contributed by atoms with Crippen LogP contribution in [0.25, 0.3) is 0 Å². The van der Waals surface area contributed by atoms with E-state index in [1.54, 1.807) is 0 Å².